The normalized spacial score (nSPS) is 18.4. The van der Waals surface area contributed by atoms with E-state index in [1.807, 2.05) is 24.3 Å². The van der Waals surface area contributed by atoms with Crippen LogP contribution in [0.4, 0.5) is 0 Å². The van der Waals surface area contributed by atoms with Crippen LogP contribution in [-0.2, 0) is 4.79 Å². The number of benzene rings is 2. The second-order valence-corrected chi connectivity index (χ2v) is 8.32. The van der Waals surface area contributed by atoms with Crippen LogP contribution >= 0.6 is 0 Å². The van der Waals surface area contributed by atoms with E-state index in [1.54, 1.807) is 14.2 Å². The zero-order valence-electron chi connectivity index (χ0n) is 16.9. The average molecular weight is 379 g/mol. The van der Waals surface area contributed by atoms with Gasteiger partial charge in [0, 0.05) is 12.8 Å². The van der Waals surface area contributed by atoms with Crippen molar-refractivity contribution >= 4 is 5.78 Å². The summed E-state index contributed by atoms with van der Waals surface area (Å²) in [5.74, 6) is 3.98. The number of hydrogen-bond acceptors (Lipinski definition) is 3. The number of methoxy groups -OCH3 is 2. The van der Waals surface area contributed by atoms with E-state index in [1.165, 1.54) is 36.8 Å². The molecule has 0 N–H and O–H groups in total. The lowest BCUT2D eigenvalue weighted by atomic mass is 9.83. The van der Waals surface area contributed by atoms with Gasteiger partial charge in [-0.3, -0.25) is 4.79 Å². The van der Waals surface area contributed by atoms with Gasteiger partial charge < -0.3 is 9.47 Å². The molecule has 28 heavy (non-hydrogen) atoms. The molecule has 0 radical (unpaired) electrons. The molecule has 3 nitrogen and oxygen atoms in total. The summed E-state index contributed by atoms with van der Waals surface area (Å²) in [5.41, 5.74) is 2.39. The summed E-state index contributed by atoms with van der Waals surface area (Å²) < 4.78 is 11.2. The minimum absolute atomic E-state index is 0.279. The van der Waals surface area contributed by atoms with E-state index in [-0.39, 0.29) is 11.8 Å². The zero-order valence-corrected chi connectivity index (χ0v) is 16.9. The fourth-order valence-electron chi connectivity index (χ4n) is 4.58. The number of ketones is 1. The van der Waals surface area contributed by atoms with Gasteiger partial charge in [0.2, 0.25) is 0 Å². The number of para-hydroxylation sites is 2. The standard InChI is InChI=1S/C25H30O3/c1-27-24-9-5-3-7-20(24)22(17-11-12-17)15-19(26)16-23(18-13-14-18)21-8-4-6-10-25(21)28-2/h3-10,17-18,22-23H,11-16H2,1-2H3. The molecule has 2 saturated carbocycles. The van der Waals surface area contributed by atoms with Gasteiger partial charge in [-0.05, 0) is 72.6 Å². The van der Waals surface area contributed by atoms with Gasteiger partial charge in [-0.25, -0.2) is 0 Å². The molecule has 2 aliphatic rings. The van der Waals surface area contributed by atoms with Gasteiger partial charge in [0.05, 0.1) is 14.2 Å². The van der Waals surface area contributed by atoms with Crippen LogP contribution in [0.2, 0.25) is 0 Å². The third-order valence-electron chi connectivity index (χ3n) is 6.35. The van der Waals surface area contributed by atoms with Gasteiger partial charge in [0.25, 0.3) is 0 Å². The summed E-state index contributed by atoms with van der Waals surface area (Å²) in [4.78, 5) is 13.2. The Morgan fingerprint density at radius 1 is 0.786 bits per heavy atom. The van der Waals surface area contributed by atoms with E-state index in [0.717, 1.165) is 11.5 Å². The molecule has 0 heterocycles. The monoisotopic (exact) mass is 378 g/mol. The molecular formula is C25H30O3. The fraction of sp³-hybridized carbons (Fsp3) is 0.480. The Hall–Kier alpha value is -2.29. The minimum atomic E-state index is 0.279. The maximum Gasteiger partial charge on any atom is 0.134 e. The molecule has 4 rings (SSSR count). The van der Waals surface area contributed by atoms with Crippen molar-refractivity contribution in [3.8, 4) is 11.5 Å². The maximum atomic E-state index is 13.2. The number of rotatable bonds is 10. The van der Waals surface area contributed by atoms with E-state index >= 15 is 0 Å². The first-order chi connectivity index (χ1) is 13.7. The Morgan fingerprint density at radius 2 is 1.18 bits per heavy atom. The highest BCUT2D eigenvalue weighted by molar-refractivity contribution is 5.80. The summed E-state index contributed by atoms with van der Waals surface area (Å²) in [7, 11) is 3.44. The number of carbonyl (C=O) groups excluding carboxylic acids is 1. The van der Waals surface area contributed by atoms with Gasteiger partial charge >= 0.3 is 0 Å². The first-order valence-electron chi connectivity index (χ1n) is 10.5. The minimum Gasteiger partial charge on any atom is -0.496 e. The number of hydrogen-bond donors (Lipinski definition) is 0. The predicted octanol–water partition coefficient (Wildman–Crippen LogP) is 5.74. The van der Waals surface area contributed by atoms with Crippen LogP contribution in [-0.4, -0.2) is 20.0 Å². The third kappa shape index (κ3) is 4.24. The molecule has 0 bridgehead atoms. The van der Waals surface area contributed by atoms with Crippen molar-refractivity contribution in [1.29, 1.82) is 0 Å². The van der Waals surface area contributed by atoms with Crippen LogP contribution < -0.4 is 9.47 Å². The van der Waals surface area contributed by atoms with Gasteiger partial charge in [0.15, 0.2) is 0 Å². The summed E-state index contributed by atoms with van der Waals surface area (Å²) in [5, 5.41) is 0. The Labute approximate surface area is 168 Å². The van der Waals surface area contributed by atoms with Crippen molar-refractivity contribution in [2.24, 2.45) is 11.8 Å². The van der Waals surface area contributed by atoms with Crippen LogP contribution in [0.1, 0.15) is 61.5 Å². The molecular weight excluding hydrogens is 348 g/mol. The van der Waals surface area contributed by atoms with E-state index in [9.17, 15) is 4.79 Å². The second kappa shape index (κ2) is 8.38. The van der Waals surface area contributed by atoms with Crippen molar-refractivity contribution in [1.82, 2.24) is 0 Å². The summed E-state index contributed by atoms with van der Waals surface area (Å²) in [6, 6.07) is 16.4. The molecule has 0 spiro atoms. The zero-order chi connectivity index (χ0) is 19.5. The van der Waals surface area contributed by atoms with Crippen LogP contribution in [0.15, 0.2) is 48.5 Å². The van der Waals surface area contributed by atoms with Crippen molar-refractivity contribution in [3.05, 3.63) is 59.7 Å². The average Bonchev–Trinajstić information content (AvgIpc) is 3.63. The molecule has 0 amide bonds. The molecule has 0 aliphatic heterocycles. The lowest BCUT2D eigenvalue weighted by molar-refractivity contribution is -0.120. The number of Topliss-reactive ketones (excluding diaryl/α,β-unsaturated/α-hetero) is 1. The SMILES string of the molecule is COc1ccccc1C(CC(=O)CC(c1ccccc1OC)C1CC1)C1CC1. The lowest BCUT2D eigenvalue weighted by Gasteiger charge is -2.22. The van der Waals surface area contributed by atoms with Gasteiger partial charge in [-0.2, -0.15) is 0 Å². The van der Waals surface area contributed by atoms with Crippen molar-refractivity contribution in [2.75, 3.05) is 14.2 Å². The lowest BCUT2D eigenvalue weighted by Crippen LogP contribution is -2.15. The van der Waals surface area contributed by atoms with Gasteiger partial charge in [-0.1, -0.05) is 36.4 Å². The Morgan fingerprint density at radius 3 is 1.54 bits per heavy atom. The molecule has 2 aromatic carbocycles. The van der Waals surface area contributed by atoms with Crippen molar-refractivity contribution in [3.63, 3.8) is 0 Å². The molecule has 2 aliphatic carbocycles. The largest absolute Gasteiger partial charge is 0.496 e. The van der Waals surface area contributed by atoms with Gasteiger partial charge in [0.1, 0.15) is 17.3 Å². The Balaban J connectivity index is 1.51. The molecule has 2 atom stereocenters. The highest BCUT2D eigenvalue weighted by Crippen LogP contribution is 2.50. The summed E-state index contributed by atoms with van der Waals surface area (Å²) in [6.07, 6.45) is 6.10. The summed E-state index contributed by atoms with van der Waals surface area (Å²) >= 11 is 0. The fourth-order valence-corrected chi connectivity index (χ4v) is 4.58. The van der Waals surface area contributed by atoms with Gasteiger partial charge in [-0.15, -0.1) is 0 Å². The number of carbonyl (C=O) groups is 1. The van der Waals surface area contributed by atoms with E-state index in [2.05, 4.69) is 24.3 Å². The molecule has 0 aromatic heterocycles. The molecule has 0 saturated heterocycles. The van der Waals surface area contributed by atoms with Crippen LogP contribution in [0.5, 0.6) is 11.5 Å². The predicted molar refractivity (Wildman–Crippen MR) is 111 cm³/mol. The summed E-state index contributed by atoms with van der Waals surface area (Å²) in [6.45, 7) is 0. The van der Waals surface area contributed by atoms with E-state index < -0.39 is 0 Å². The first-order valence-corrected chi connectivity index (χ1v) is 10.5. The van der Waals surface area contributed by atoms with Crippen molar-refractivity contribution in [2.45, 2.75) is 50.4 Å². The van der Waals surface area contributed by atoms with Crippen LogP contribution in [0.25, 0.3) is 0 Å². The third-order valence-corrected chi connectivity index (χ3v) is 6.35. The molecule has 2 fully saturated rings. The smallest absolute Gasteiger partial charge is 0.134 e. The van der Waals surface area contributed by atoms with Crippen molar-refractivity contribution < 1.29 is 14.3 Å². The maximum absolute atomic E-state index is 13.2. The van der Waals surface area contributed by atoms with E-state index in [4.69, 9.17) is 9.47 Å². The second-order valence-electron chi connectivity index (χ2n) is 8.32. The highest BCUT2D eigenvalue weighted by Gasteiger charge is 2.38. The molecule has 2 aromatic rings. The molecule has 148 valence electrons. The van der Waals surface area contributed by atoms with Crippen LogP contribution in [0, 0.1) is 11.8 Å². The topological polar surface area (TPSA) is 35.5 Å². The van der Waals surface area contributed by atoms with Crippen LogP contribution in [0.3, 0.4) is 0 Å². The highest BCUT2D eigenvalue weighted by atomic mass is 16.5. The quantitative estimate of drug-likeness (QED) is 0.529. The number of ether oxygens (including phenoxy) is 2. The molecule has 3 heteroatoms. The van der Waals surface area contributed by atoms with E-state index in [0.29, 0.717) is 30.5 Å². The Kier molecular flexibility index (Phi) is 5.70. The first kappa shape index (κ1) is 19.0. The Bertz CT molecular complexity index is 753. The molecule has 2 unspecified atom stereocenters.